The number of thioether (sulfide) groups is 1. The lowest BCUT2D eigenvalue weighted by atomic mass is 10.1. The molecule has 23 heavy (non-hydrogen) atoms. The summed E-state index contributed by atoms with van der Waals surface area (Å²) in [5.74, 6) is -2.17. The lowest BCUT2D eigenvalue weighted by molar-refractivity contribution is -0.150. The highest BCUT2D eigenvalue weighted by Crippen LogP contribution is 2.37. The van der Waals surface area contributed by atoms with Gasteiger partial charge in [-0.1, -0.05) is 24.8 Å². The van der Waals surface area contributed by atoms with Crippen molar-refractivity contribution in [1.29, 1.82) is 0 Å². The summed E-state index contributed by atoms with van der Waals surface area (Å²) in [5, 5.41) is 0. The van der Waals surface area contributed by atoms with Gasteiger partial charge in [0.05, 0.1) is 0 Å². The minimum absolute atomic E-state index is 0.0595. The molecule has 0 unspecified atom stereocenters. The SMILES string of the molecule is C=CCOC(=O)C(=O)/C=C(\OI)c1cccc(SC(F)(F)F)c1. The van der Waals surface area contributed by atoms with E-state index in [9.17, 15) is 22.8 Å². The van der Waals surface area contributed by atoms with Crippen LogP contribution in [0.15, 0.2) is 47.9 Å². The van der Waals surface area contributed by atoms with Crippen LogP contribution in [-0.4, -0.2) is 23.9 Å². The Morgan fingerprint density at radius 2 is 2.04 bits per heavy atom. The highest BCUT2D eigenvalue weighted by atomic mass is 127. The lowest BCUT2D eigenvalue weighted by Gasteiger charge is -2.08. The Kier molecular flexibility index (Phi) is 7.62. The third-order valence-electron chi connectivity index (χ3n) is 2.23. The van der Waals surface area contributed by atoms with Crippen LogP contribution in [0.25, 0.3) is 5.76 Å². The molecule has 0 bridgehead atoms. The number of hydrogen-bond donors (Lipinski definition) is 0. The summed E-state index contributed by atoms with van der Waals surface area (Å²) in [6.45, 7) is 3.20. The Hall–Kier alpha value is -1.49. The van der Waals surface area contributed by atoms with E-state index in [0.717, 1.165) is 6.08 Å². The molecule has 0 amide bonds. The van der Waals surface area contributed by atoms with E-state index in [-0.39, 0.29) is 34.6 Å². The topological polar surface area (TPSA) is 52.6 Å². The molecule has 0 aliphatic carbocycles. The fourth-order valence-electron chi connectivity index (χ4n) is 1.38. The number of carbonyl (C=O) groups is 2. The summed E-state index contributed by atoms with van der Waals surface area (Å²) in [6, 6.07) is 5.30. The zero-order valence-electron chi connectivity index (χ0n) is 11.4. The number of benzene rings is 1. The molecular formula is C14H10F3IO4S. The van der Waals surface area contributed by atoms with Gasteiger partial charge in [-0.2, -0.15) is 13.2 Å². The molecule has 0 aliphatic rings. The van der Waals surface area contributed by atoms with Crippen molar-refractivity contribution in [2.45, 2.75) is 10.4 Å². The molecule has 0 saturated heterocycles. The van der Waals surface area contributed by atoms with Crippen molar-refractivity contribution in [3.63, 3.8) is 0 Å². The molecule has 0 aliphatic heterocycles. The van der Waals surface area contributed by atoms with E-state index in [2.05, 4.69) is 11.3 Å². The van der Waals surface area contributed by atoms with Crippen molar-refractivity contribution >= 4 is 52.3 Å². The molecule has 0 fully saturated rings. The average Bonchev–Trinajstić information content (AvgIpc) is 2.48. The van der Waals surface area contributed by atoms with Gasteiger partial charge >= 0.3 is 11.5 Å². The molecule has 124 valence electrons. The second-order valence-electron chi connectivity index (χ2n) is 3.91. The van der Waals surface area contributed by atoms with Crippen molar-refractivity contribution < 1.29 is 30.6 Å². The average molecular weight is 458 g/mol. The summed E-state index contributed by atoms with van der Waals surface area (Å²) in [5.41, 5.74) is -4.21. The third kappa shape index (κ3) is 7.08. The molecule has 0 heterocycles. The van der Waals surface area contributed by atoms with Crippen molar-refractivity contribution in [2.75, 3.05) is 6.61 Å². The predicted molar refractivity (Wildman–Crippen MR) is 87.6 cm³/mol. The van der Waals surface area contributed by atoms with Gasteiger partial charge in [0.25, 0.3) is 5.78 Å². The van der Waals surface area contributed by atoms with E-state index in [1.54, 1.807) is 0 Å². The highest BCUT2D eigenvalue weighted by molar-refractivity contribution is 14.1. The molecule has 1 aromatic rings. The van der Waals surface area contributed by atoms with Gasteiger partial charge in [-0.05, 0) is 23.9 Å². The Bertz CT molecular complexity index is 629. The van der Waals surface area contributed by atoms with E-state index in [1.807, 2.05) is 0 Å². The second kappa shape index (κ2) is 8.96. The molecule has 0 aromatic heterocycles. The number of hydrogen-bond acceptors (Lipinski definition) is 5. The fourth-order valence-corrected chi connectivity index (χ4v) is 2.36. The Labute approximate surface area is 148 Å². The Morgan fingerprint density at radius 3 is 2.61 bits per heavy atom. The summed E-state index contributed by atoms with van der Waals surface area (Å²) >= 11 is 1.17. The van der Waals surface area contributed by atoms with Crippen molar-refractivity contribution in [2.24, 2.45) is 0 Å². The zero-order valence-corrected chi connectivity index (χ0v) is 14.4. The van der Waals surface area contributed by atoms with E-state index in [0.29, 0.717) is 0 Å². The van der Waals surface area contributed by atoms with Crippen LogP contribution in [-0.2, 0) is 17.4 Å². The van der Waals surface area contributed by atoms with Gasteiger partial charge in [-0.15, -0.1) is 0 Å². The summed E-state index contributed by atoms with van der Waals surface area (Å²) in [6.07, 6.45) is 2.15. The number of alkyl halides is 3. The van der Waals surface area contributed by atoms with Crippen molar-refractivity contribution in [1.82, 2.24) is 0 Å². The van der Waals surface area contributed by atoms with E-state index >= 15 is 0 Å². The van der Waals surface area contributed by atoms with Crippen LogP contribution in [0.2, 0.25) is 0 Å². The molecule has 1 rings (SSSR count). The summed E-state index contributed by atoms with van der Waals surface area (Å²) in [4.78, 5) is 22.9. The van der Waals surface area contributed by atoms with E-state index in [1.165, 1.54) is 53.3 Å². The van der Waals surface area contributed by atoms with Gasteiger partial charge in [-0.3, -0.25) is 4.79 Å². The summed E-state index contributed by atoms with van der Waals surface area (Å²) in [7, 11) is 0. The van der Waals surface area contributed by atoms with Crippen LogP contribution in [0, 0.1) is 0 Å². The molecule has 0 atom stereocenters. The van der Waals surface area contributed by atoms with Crippen LogP contribution in [0.1, 0.15) is 5.56 Å². The number of ether oxygens (including phenoxy) is 1. The van der Waals surface area contributed by atoms with Crippen LogP contribution in [0.5, 0.6) is 0 Å². The molecule has 0 radical (unpaired) electrons. The van der Waals surface area contributed by atoms with Gasteiger partial charge < -0.3 is 7.80 Å². The zero-order chi connectivity index (χ0) is 17.5. The van der Waals surface area contributed by atoms with E-state index in [4.69, 9.17) is 3.07 Å². The third-order valence-corrected chi connectivity index (χ3v) is 3.43. The lowest BCUT2D eigenvalue weighted by Crippen LogP contribution is -2.15. The van der Waals surface area contributed by atoms with Gasteiger partial charge in [-0.25, -0.2) is 4.79 Å². The minimum atomic E-state index is -4.43. The Morgan fingerprint density at radius 1 is 1.35 bits per heavy atom. The number of esters is 1. The fraction of sp³-hybridized carbons (Fsp3) is 0.143. The first-order valence-corrected chi connectivity index (χ1v) is 7.65. The van der Waals surface area contributed by atoms with Gasteiger partial charge in [0, 0.05) is 16.5 Å². The standard InChI is InChI=1S/C14H10F3IO4S/c1-2-6-21-13(20)11(19)8-12(22-18)9-4-3-5-10(7-9)23-14(15,16)17/h2-5,7-8H,1,6H2/b12-8-. The van der Waals surface area contributed by atoms with Crippen LogP contribution < -0.4 is 0 Å². The predicted octanol–water partition coefficient (Wildman–Crippen LogP) is 4.30. The molecule has 1 aromatic carbocycles. The number of rotatable bonds is 7. The van der Waals surface area contributed by atoms with Crippen molar-refractivity contribution in [3.05, 3.63) is 48.6 Å². The highest BCUT2D eigenvalue weighted by Gasteiger charge is 2.29. The quantitative estimate of drug-likeness (QED) is 0.116. The molecule has 4 nitrogen and oxygen atoms in total. The van der Waals surface area contributed by atoms with Gasteiger partial charge in [0.1, 0.15) is 12.4 Å². The minimum Gasteiger partial charge on any atom is -0.455 e. The first-order chi connectivity index (χ1) is 10.8. The van der Waals surface area contributed by atoms with Gasteiger partial charge in [0.15, 0.2) is 23.0 Å². The summed E-state index contributed by atoms with van der Waals surface area (Å²) < 4.78 is 46.6. The second-order valence-corrected chi connectivity index (χ2v) is 5.49. The molecule has 0 N–H and O–H groups in total. The monoisotopic (exact) mass is 458 g/mol. The largest absolute Gasteiger partial charge is 0.455 e. The molecule has 0 spiro atoms. The smallest absolute Gasteiger partial charge is 0.446 e. The molecular weight excluding hydrogens is 448 g/mol. The Balaban J connectivity index is 2.99. The first-order valence-electron chi connectivity index (χ1n) is 5.95. The molecule has 0 saturated carbocycles. The maximum atomic E-state index is 12.4. The van der Waals surface area contributed by atoms with Crippen molar-refractivity contribution in [3.8, 4) is 0 Å². The van der Waals surface area contributed by atoms with E-state index < -0.39 is 17.3 Å². The van der Waals surface area contributed by atoms with Crippen LogP contribution in [0.4, 0.5) is 13.2 Å². The molecule has 9 heteroatoms. The van der Waals surface area contributed by atoms with Crippen LogP contribution in [0.3, 0.4) is 0 Å². The van der Waals surface area contributed by atoms with Gasteiger partial charge in [0.2, 0.25) is 0 Å². The normalized spacial score (nSPS) is 11.7. The number of halogens is 4. The number of carbonyl (C=O) groups excluding carboxylic acids is 2. The van der Waals surface area contributed by atoms with Crippen LogP contribution >= 0.6 is 34.8 Å². The number of ketones is 1. The maximum Gasteiger partial charge on any atom is 0.446 e. The first kappa shape index (κ1) is 19.6. The maximum absolute atomic E-state index is 12.4.